The molecule has 0 unspecified atom stereocenters. The van der Waals surface area contributed by atoms with E-state index in [1.807, 2.05) is 36.0 Å². The molecule has 2 aromatic heterocycles. The van der Waals surface area contributed by atoms with E-state index in [1.54, 1.807) is 24.4 Å². The smallest absolute Gasteiger partial charge is 0.153 e. The van der Waals surface area contributed by atoms with Crippen molar-refractivity contribution in [3.63, 3.8) is 0 Å². The number of pyridine rings is 1. The Bertz CT molecular complexity index is 1330. The summed E-state index contributed by atoms with van der Waals surface area (Å²) in [6, 6.07) is 13.1. The number of carbonyl (C=O) groups excluding carboxylic acids is 1. The van der Waals surface area contributed by atoms with Gasteiger partial charge in [0.15, 0.2) is 6.29 Å². The Morgan fingerprint density at radius 1 is 1.27 bits per heavy atom. The van der Waals surface area contributed by atoms with Crippen LogP contribution in [0.4, 0.5) is 0 Å². The average Bonchev–Trinajstić information content (AvgIpc) is 3.05. The molecule has 148 valence electrons. The van der Waals surface area contributed by atoms with Gasteiger partial charge in [-0.1, -0.05) is 17.7 Å². The minimum absolute atomic E-state index is 0.170. The van der Waals surface area contributed by atoms with Crippen LogP contribution in [0.3, 0.4) is 0 Å². The fraction of sp³-hybridized carbons (Fsp3) is 0.0909. The van der Waals surface area contributed by atoms with E-state index in [9.17, 15) is 4.79 Å². The molecule has 0 aliphatic rings. The number of benzene rings is 2. The number of carbonyl (C=O) groups is 1. The van der Waals surface area contributed by atoms with Crippen LogP contribution >= 0.6 is 34.2 Å². The third-order valence-electron chi connectivity index (χ3n) is 4.66. The number of nitriles is 1. The monoisotopic (exact) mass is 528 g/mol. The van der Waals surface area contributed by atoms with Crippen molar-refractivity contribution in [2.75, 3.05) is 0 Å². The molecule has 0 amide bonds. The van der Waals surface area contributed by atoms with Gasteiger partial charge in [0.1, 0.15) is 22.1 Å². The summed E-state index contributed by atoms with van der Waals surface area (Å²) in [4.78, 5) is 15.6. The maximum Gasteiger partial charge on any atom is 0.153 e. The van der Waals surface area contributed by atoms with E-state index in [2.05, 4.69) is 32.7 Å². The summed E-state index contributed by atoms with van der Waals surface area (Å²) in [5.41, 5.74) is 4.15. The first kappa shape index (κ1) is 20.3. The number of ether oxygens (including phenoxy) is 1. The lowest BCUT2D eigenvalue weighted by Gasteiger charge is -2.13. The zero-order chi connectivity index (χ0) is 21.3. The van der Waals surface area contributed by atoms with Gasteiger partial charge in [-0.25, -0.2) is 0 Å². The minimum atomic E-state index is 0.170. The molecule has 8 heteroatoms. The normalized spacial score (nSPS) is 10.7. The zero-order valence-electron chi connectivity index (χ0n) is 15.8. The van der Waals surface area contributed by atoms with Crippen molar-refractivity contribution < 1.29 is 9.53 Å². The number of halogens is 2. The molecule has 6 nitrogen and oxygen atoms in total. The zero-order valence-corrected chi connectivity index (χ0v) is 18.7. The largest absolute Gasteiger partial charge is 0.488 e. The van der Waals surface area contributed by atoms with Crippen LogP contribution in [0.2, 0.25) is 5.02 Å². The van der Waals surface area contributed by atoms with Gasteiger partial charge in [-0.05, 0) is 58.5 Å². The van der Waals surface area contributed by atoms with E-state index in [1.165, 1.54) is 6.20 Å². The van der Waals surface area contributed by atoms with Crippen molar-refractivity contribution in [3.05, 3.63) is 74.2 Å². The molecule has 4 aromatic rings. The number of aromatic nitrogens is 3. The molecule has 0 atom stereocenters. The Morgan fingerprint density at radius 3 is 2.87 bits per heavy atom. The molecular weight excluding hydrogens is 515 g/mol. The number of fused-ring (bicyclic) bond motifs is 1. The van der Waals surface area contributed by atoms with Gasteiger partial charge in [0, 0.05) is 41.0 Å². The number of rotatable bonds is 5. The summed E-state index contributed by atoms with van der Waals surface area (Å²) in [6.45, 7) is 0.170. The summed E-state index contributed by atoms with van der Waals surface area (Å²) in [5.74, 6) is 0.409. The van der Waals surface area contributed by atoms with Gasteiger partial charge >= 0.3 is 0 Å². The van der Waals surface area contributed by atoms with Crippen LogP contribution in [0.15, 0.2) is 48.8 Å². The maximum absolute atomic E-state index is 11.6. The molecule has 0 radical (unpaired) electrons. The van der Waals surface area contributed by atoms with E-state index in [4.69, 9.17) is 21.6 Å². The first-order chi connectivity index (χ1) is 14.5. The molecular formula is C22H14ClIN4O2. The molecule has 0 saturated carbocycles. The molecule has 4 rings (SSSR count). The Balaban J connectivity index is 1.72. The Labute approximate surface area is 191 Å². The molecule has 0 bridgehead atoms. The summed E-state index contributed by atoms with van der Waals surface area (Å²) >= 11 is 8.69. The van der Waals surface area contributed by atoms with Gasteiger partial charge in [0.05, 0.1) is 16.6 Å². The minimum Gasteiger partial charge on any atom is -0.488 e. The molecule has 0 spiro atoms. The van der Waals surface area contributed by atoms with Crippen LogP contribution in [-0.2, 0) is 13.7 Å². The fourth-order valence-electron chi connectivity index (χ4n) is 3.18. The molecule has 30 heavy (non-hydrogen) atoms. The Kier molecular flexibility index (Phi) is 5.70. The topological polar surface area (TPSA) is 80.8 Å². The lowest BCUT2D eigenvalue weighted by atomic mass is 10.0. The first-order valence-corrected chi connectivity index (χ1v) is 10.3. The predicted octanol–water partition coefficient (Wildman–Crippen LogP) is 5.16. The van der Waals surface area contributed by atoms with Crippen molar-refractivity contribution in [3.8, 4) is 22.9 Å². The second kappa shape index (κ2) is 8.42. The molecule has 2 aromatic carbocycles. The lowest BCUT2D eigenvalue weighted by molar-refractivity contribution is 0.111. The van der Waals surface area contributed by atoms with E-state index in [0.29, 0.717) is 28.2 Å². The highest BCUT2D eigenvalue weighted by molar-refractivity contribution is 14.1. The summed E-state index contributed by atoms with van der Waals surface area (Å²) in [5, 5.41) is 15.0. The van der Waals surface area contributed by atoms with Crippen LogP contribution < -0.4 is 4.74 Å². The van der Waals surface area contributed by atoms with Crippen molar-refractivity contribution >= 4 is 51.4 Å². The first-order valence-electron chi connectivity index (χ1n) is 8.88. The number of hydrogen-bond donors (Lipinski definition) is 0. The van der Waals surface area contributed by atoms with Crippen molar-refractivity contribution in [2.24, 2.45) is 7.05 Å². The van der Waals surface area contributed by atoms with Gasteiger partial charge in [-0.2, -0.15) is 10.4 Å². The maximum atomic E-state index is 11.6. The van der Waals surface area contributed by atoms with Crippen LogP contribution in [0, 0.1) is 15.0 Å². The lowest BCUT2D eigenvalue weighted by Crippen LogP contribution is -2.00. The molecule has 0 N–H and O–H groups in total. The van der Waals surface area contributed by atoms with Crippen LogP contribution in [-0.4, -0.2) is 21.1 Å². The number of aldehydes is 1. The van der Waals surface area contributed by atoms with E-state index in [0.717, 1.165) is 31.3 Å². The second-order valence-corrected chi connectivity index (χ2v) is 8.05. The SMILES string of the molecule is Cn1nc(I)c2ccc(-c3cc(OCc4cncc(C#N)c4)c(C=O)cc3Cl)cc21. The summed E-state index contributed by atoms with van der Waals surface area (Å²) in [7, 11) is 1.89. The van der Waals surface area contributed by atoms with Gasteiger partial charge in [-0.15, -0.1) is 0 Å². The molecule has 0 aliphatic heterocycles. The van der Waals surface area contributed by atoms with Crippen LogP contribution in [0.5, 0.6) is 5.75 Å². The molecule has 2 heterocycles. The quantitative estimate of drug-likeness (QED) is 0.264. The third kappa shape index (κ3) is 3.88. The van der Waals surface area contributed by atoms with Gasteiger partial charge in [-0.3, -0.25) is 14.5 Å². The highest BCUT2D eigenvalue weighted by Crippen LogP contribution is 2.36. The van der Waals surface area contributed by atoms with Crippen LogP contribution in [0.25, 0.3) is 22.0 Å². The van der Waals surface area contributed by atoms with Gasteiger partial charge in [0.2, 0.25) is 0 Å². The third-order valence-corrected chi connectivity index (χ3v) is 5.77. The molecule has 0 fully saturated rings. The highest BCUT2D eigenvalue weighted by atomic mass is 127. The van der Waals surface area contributed by atoms with Gasteiger partial charge in [0.25, 0.3) is 0 Å². The van der Waals surface area contributed by atoms with Crippen LogP contribution in [0.1, 0.15) is 21.5 Å². The van der Waals surface area contributed by atoms with Gasteiger partial charge < -0.3 is 4.74 Å². The summed E-state index contributed by atoms with van der Waals surface area (Å²) in [6.07, 6.45) is 3.81. The van der Waals surface area contributed by atoms with Crippen molar-refractivity contribution in [1.29, 1.82) is 5.26 Å². The average molecular weight is 529 g/mol. The number of aryl methyl sites for hydroxylation is 1. The summed E-state index contributed by atoms with van der Waals surface area (Å²) < 4.78 is 8.64. The van der Waals surface area contributed by atoms with E-state index in [-0.39, 0.29) is 6.61 Å². The Hall–Kier alpha value is -2.96. The van der Waals surface area contributed by atoms with E-state index < -0.39 is 0 Å². The highest BCUT2D eigenvalue weighted by Gasteiger charge is 2.14. The Morgan fingerprint density at radius 2 is 2.10 bits per heavy atom. The van der Waals surface area contributed by atoms with Crippen molar-refractivity contribution in [2.45, 2.75) is 6.61 Å². The van der Waals surface area contributed by atoms with E-state index >= 15 is 0 Å². The number of hydrogen-bond acceptors (Lipinski definition) is 5. The molecule has 0 saturated heterocycles. The van der Waals surface area contributed by atoms with Crippen molar-refractivity contribution in [1.82, 2.24) is 14.8 Å². The second-order valence-electron chi connectivity index (χ2n) is 6.62. The standard InChI is InChI=1S/C22H14ClIN4O2/c1-28-20-6-15(2-3-17(20)22(24)27-28)18-7-21(16(11-29)5-19(18)23)30-12-14-4-13(8-25)9-26-10-14/h2-7,9-11H,12H2,1H3. The number of nitrogens with zero attached hydrogens (tertiary/aromatic N) is 4. The fourth-order valence-corrected chi connectivity index (χ4v) is 4.24. The predicted molar refractivity (Wildman–Crippen MR) is 123 cm³/mol. The molecule has 0 aliphatic carbocycles.